The van der Waals surface area contributed by atoms with E-state index in [1.807, 2.05) is 20.8 Å². The molecule has 18 heavy (non-hydrogen) atoms. The molecular weight excluding hydrogens is 298 g/mol. The molecule has 0 saturated heterocycles. The standard InChI is InChI=1S/C13H20BrNO3/c1-13(2,3)12(17)10(15)8-5-7(14)6-9(18-4)11(8)16/h5-6,10,12,16-17H,15H2,1-4H3/t10-,12-/m0/s1. The van der Waals surface area contributed by atoms with Crippen molar-refractivity contribution in [1.29, 1.82) is 0 Å². The molecule has 0 radical (unpaired) electrons. The highest BCUT2D eigenvalue weighted by atomic mass is 79.9. The van der Waals surface area contributed by atoms with Gasteiger partial charge in [-0.1, -0.05) is 36.7 Å². The molecule has 0 saturated carbocycles. The van der Waals surface area contributed by atoms with Gasteiger partial charge in [0.1, 0.15) is 0 Å². The van der Waals surface area contributed by atoms with Gasteiger partial charge < -0.3 is 20.7 Å². The lowest BCUT2D eigenvalue weighted by atomic mass is 9.82. The van der Waals surface area contributed by atoms with Crippen LogP contribution in [0.2, 0.25) is 0 Å². The Hall–Kier alpha value is -0.780. The summed E-state index contributed by atoms with van der Waals surface area (Å²) in [6.07, 6.45) is -0.776. The second kappa shape index (κ2) is 5.47. The minimum atomic E-state index is -0.776. The Balaban J connectivity index is 3.21. The predicted octanol–water partition coefficient (Wildman–Crippen LogP) is 2.57. The van der Waals surface area contributed by atoms with Gasteiger partial charge in [0.2, 0.25) is 0 Å². The molecule has 102 valence electrons. The van der Waals surface area contributed by atoms with Crippen molar-refractivity contribution in [3.05, 3.63) is 22.2 Å². The van der Waals surface area contributed by atoms with E-state index >= 15 is 0 Å². The summed E-state index contributed by atoms with van der Waals surface area (Å²) in [4.78, 5) is 0. The van der Waals surface area contributed by atoms with Crippen molar-refractivity contribution in [3.63, 3.8) is 0 Å². The fourth-order valence-corrected chi connectivity index (χ4v) is 2.17. The second-order valence-corrected chi connectivity index (χ2v) is 6.30. The Morgan fingerprint density at radius 3 is 2.33 bits per heavy atom. The minimum absolute atomic E-state index is 0.0310. The number of phenols is 1. The fraction of sp³-hybridized carbons (Fsp3) is 0.538. The van der Waals surface area contributed by atoms with Crippen molar-refractivity contribution in [1.82, 2.24) is 0 Å². The van der Waals surface area contributed by atoms with Crippen LogP contribution in [0.3, 0.4) is 0 Å². The second-order valence-electron chi connectivity index (χ2n) is 5.38. The molecule has 0 bridgehead atoms. The normalized spacial score (nSPS) is 15.3. The van der Waals surface area contributed by atoms with Crippen LogP contribution >= 0.6 is 15.9 Å². The number of aliphatic hydroxyl groups is 1. The predicted molar refractivity (Wildman–Crippen MR) is 74.7 cm³/mol. The molecule has 4 N–H and O–H groups in total. The van der Waals surface area contributed by atoms with Gasteiger partial charge in [0.15, 0.2) is 11.5 Å². The average molecular weight is 318 g/mol. The summed E-state index contributed by atoms with van der Waals surface area (Å²) in [5.41, 5.74) is 6.12. The van der Waals surface area contributed by atoms with Crippen molar-refractivity contribution in [2.24, 2.45) is 11.1 Å². The zero-order chi connectivity index (χ0) is 14.1. The lowest BCUT2D eigenvalue weighted by molar-refractivity contribution is 0.0394. The van der Waals surface area contributed by atoms with E-state index in [1.54, 1.807) is 12.1 Å². The summed E-state index contributed by atoms with van der Waals surface area (Å²) in [5.74, 6) is 0.299. The zero-order valence-corrected chi connectivity index (χ0v) is 12.7. The van der Waals surface area contributed by atoms with Crippen molar-refractivity contribution in [2.75, 3.05) is 7.11 Å². The molecular formula is C13H20BrNO3. The fourth-order valence-electron chi connectivity index (χ4n) is 1.71. The topological polar surface area (TPSA) is 75.7 Å². The van der Waals surface area contributed by atoms with Gasteiger partial charge in [-0.3, -0.25) is 0 Å². The van der Waals surface area contributed by atoms with Crippen molar-refractivity contribution >= 4 is 15.9 Å². The van der Waals surface area contributed by atoms with Gasteiger partial charge in [-0.15, -0.1) is 0 Å². The van der Waals surface area contributed by atoms with E-state index in [-0.39, 0.29) is 11.2 Å². The number of ether oxygens (including phenoxy) is 1. The van der Waals surface area contributed by atoms with Gasteiger partial charge in [0.05, 0.1) is 19.3 Å². The Morgan fingerprint density at radius 2 is 1.89 bits per heavy atom. The molecule has 2 atom stereocenters. The van der Waals surface area contributed by atoms with E-state index in [4.69, 9.17) is 10.5 Å². The first-order chi connectivity index (χ1) is 8.18. The highest BCUT2D eigenvalue weighted by molar-refractivity contribution is 9.10. The molecule has 4 nitrogen and oxygen atoms in total. The highest BCUT2D eigenvalue weighted by Crippen LogP contribution is 2.39. The van der Waals surface area contributed by atoms with Crippen LogP contribution < -0.4 is 10.5 Å². The highest BCUT2D eigenvalue weighted by Gasteiger charge is 2.31. The van der Waals surface area contributed by atoms with Gasteiger partial charge in [-0.25, -0.2) is 0 Å². The van der Waals surface area contributed by atoms with Gasteiger partial charge in [0, 0.05) is 10.0 Å². The Kier molecular flexibility index (Phi) is 4.64. The molecule has 0 unspecified atom stereocenters. The third kappa shape index (κ3) is 3.16. The third-order valence-electron chi connectivity index (χ3n) is 2.88. The molecule has 0 heterocycles. The van der Waals surface area contributed by atoms with E-state index in [0.29, 0.717) is 11.3 Å². The largest absolute Gasteiger partial charge is 0.504 e. The average Bonchev–Trinajstić information content (AvgIpc) is 2.28. The third-order valence-corrected chi connectivity index (χ3v) is 3.33. The van der Waals surface area contributed by atoms with Crippen molar-refractivity contribution in [2.45, 2.75) is 32.9 Å². The Labute approximate surface area is 116 Å². The maximum atomic E-state index is 10.2. The van der Waals surface area contributed by atoms with E-state index < -0.39 is 12.1 Å². The van der Waals surface area contributed by atoms with Crippen molar-refractivity contribution < 1.29 is 14.9 Å². The number of nitrogens with two attached hydrogens (primary N) is 1. The molecule has 0 amide bonds. The number of rotatable bonds is 3. The van der Waals surface area contributed by atoms with Gasteiger partial charge in [0.25, 0.3) is 0 Å². The van der Waals surface area contributed by atoms with E-state index in [1.165, 1.54) is 7.11 Å². The first-order valence-corrected chi connectivity index (χ1v) is 6.47. The number of aliphatic hydroxyl groups excluding tert-OH is 1. The number of halogens is 1. The smallest absolute Gasteiger partial charge is 0.162 e. The first kappa shape index (κ1) is 15.3. The molecule has 1 rings (SSSR count). The zero-order valence-electron chi connectivity index (χ0n) is 11.1. The molecule has 1 aromatic rings. The lowest BCUT2D eigenvalue weighted by Gasteiger charge is -2.31. The Morgan fingerprint density at radius 1 is 1.33 bits per heavy atom. The number of aromatic hydroxyl groups is 1. The van der Waals surface area contributed by atoms with Gasteiger partial charge in [-0.2, -0.15) is 0 Å². The summed E-state index contributed by atoms with van der Waals surface area (Å²) in [6.45, 7) is 5.68. The van der Waals surface area contributed by atoms with E-state index in [0.717, 1.165) is 4.47 Å². The number of methoxy groups -OCH3 is 1. The van der Waals surface area contributed by atoms with E-state index in [2.05, 4.69) is 15.9 Å². The van der Waals surface area contributed by atoms with Crippen molar-refractivity contribution in [3.8, 4) is 11.5 Å². The summed E-state index contributed by atoms with van der Waals surface area (Å²) in [5, 5.41) is 20.3. The van der Waals surface area contributed by atoms with Crippen LogP contribution in [0.25, 0.3) is 0 Å². The number of phenolic OH excluding ortho intramolecular Hbond substituents is 1. The molecule has 0 aliphatic heterocycles. The lowest BCUT2D eigenvalue weighted by Crippen LogP contribution is -2.37. The summed E-state index contributed by atoms with van der Waals surface area (Å²) in [6, 6.07) is 2.66. The molecule has 5 heteroatoms. The maximum absolute atomic E-state index is 10.2. The maximum Gasteiger partial charge on any atom is 0.162 e. The molecule has 0 fully saturated rings. The van der Waals surface area contributed by atoms with Crippen LogP contribution in [-0.2, 0) is 0 Å². The molecule has 0 spiro atoms. The summed E-state index contributed by atoms with van der Waals surface area (Å²) >= 11 is 3.33. The number of benzene rings is 1. The van der Waals surface area contributed by atoms with Crippen LogP contribution in [0.5, 0.6) is 11.5 Å². The molecule has 0 aliphatic rings. The SMILES string of the molecule is COc1cc(Br)cc([C@H](N)[C@H](O)C(C)(C)C)c1O. The van der Waals surface area contributed by atoms with Crippen LogP contribution in [0.4, 0.5) is 0 Å². The first-order valence-electron chi connectivity index (χ1n) is 5.68. The minimum Gasteiger partial charge on any atom is -0.504 e. The van der Waals surface area contributed by atoms with E-state index in [9.17, 15) is 10.2 Å². The van der Waals surface area contributed by atoms with Crippen LogP contribution in [0.15, 0.2) is 16.6 Å². The molecule has 1 aromatic carbocycles. The van der Waals surface area contributed by atoms with Gasteiger partial charge in [-0.05, 0) is 17.5 Å². The number of hydrogen-bond acceptors (Lipinski definition) is 4. The molecule has 0 aromatic heterocycles. The van der Waals surface area contributed by atoms with Crippen LogP contribution in [-0.4, -0.2) is 23.4 Å². The van der Waals surface area contributed by atoms with Crippen LogP contribution in [0, 0.1) is 5.41 Å². The number of hydrogen-bond donors (Lipinski definition) is 3. The summed E-state index contributed by atoms with van der Waals surface area (Å²) < 4.78 is 5.80. The molecule has 0 aliphatic carbocycles. The Bertz CT molecular complexity index is 429. The quantitative estimate of drug-likeness (QED) is 0.801. The summed E-state index contributed by atoms with van der Waals surface area (Å²) in [7, 11) is 1.47. The van der Waals surface area contributed by atoms with Gasteiger partial charge >= 0.3 is 0 Å². The van der Waals surface area contributed by atoms with Crippen LogP contribution in [0.1, 0.15) is 32.4 Å². The monoisotopic (exact) mass is 317 g/mol.